The van der Waals surface area contributed by atoms with E-state index in [-0.39, 0.29) is 42.5 Å². The van der Waals surface area contributed by atoms with Crippen LogP contribution in [0.1, 0.15) is 62.0 Å². The molecule has 5 aliphatic rings. The number of hydrogen-bond donors (Lipinski definition) is 3. The number of amides is 2. The van der Waals surface area contributed by atoms with E-state index in [0.717, 1.165) is 48.3 Å². The first-order chi connectivity index (χ1) is 27.2. The summed E-state index contributed by atoms with van der Waals surface area (Å²) < 4.78 is 6.15. The number of rotatable bonds is 12. The molecule has 3 aliphatic carbocycles. The Morgan fingerprint density at radius 3 is 2.46 bits per heavy atom. The van der Waals surface area contributed by atoms with Gasteiger partial charge in [-0.15, -0.1) is 0 Å². The summed E-state index contributed by atoms with van der Waals surface area (Å²) in [4.78, 5) is 41.5. The van der Waals surface area contributed by atoms with Crippen molar-refractivity contribution in [2.45, 2.75) is 83.8 Å². The molecular weight excluding hydrogens is 719 g/mol. The Morgan fingerprint density at radius 1 is 1.05 bits per heavy atom. The van der Waals surface area contributed by atoms with Gasteiger partial charge in [-0.1, -0.05) is 69.3 Å². The summed E-state index contributed by atoms with van der Waals surface area (Å²) in [5.74, 6) is 1.22. The number of hydrogen-bond acceptors (Lipinski definition) is 9. The molecule has 2 unspecified atom stereocenters. The van der Waals surface area contributed by atoms with Gasteiger partial charge in [0.1, 0.15) is 17.9 Å². The van der Waals surface area contributed by atoms with Crippen LogP contribution in [-0.2, 0) is 22.6 Å². The van der Waals surface area contributed by atoms with E-state index in [0.29, 0.717) is 35.6 Å². The summed E-state index contributed by atoms with van der Waals surface area (Å²) in [7, 11) is 7.68. The maximum atomic E-state index is 14.5. The standard InChI is InChI=1S/C46H63N5O6/c1-28-38-23-34(46(38,3)4)24-39(28)47-44(54)42-41(29(2)53)40(27-52)57-51(42)25-31-15-12-16-37(43(31)56-8)32-20-33(22-35(21-32)48(5)6)45(55)50-18-17-49(7)26-36(50)19-30-13-10-9-11-14-30/h9-16,20-22,28-29,34,36,38-42,52-53H,17-19,23-27H2,1-8H3,(H,47,54)/t28-,29?,34+,36-,38-,39-,40-,41?,42-/m0/s1. The Kier molecular flexibility index (Phi) is 12.1. The topological polar surface area (TPSA) is 118 Å². The largest absolute Gasteiger partial charge is 0.496 e. The molecule has 0 spiro atoms. The second-order valence-corrected chi connectivity index (χ2v) is 18.0. The molecule has 9 atom stereocenters. The molecule has 3 N–H and O–H groups in total. The van der Waals surface area contributed by atoms with Crippen molar-refractivity contribution in [3.63, 3.8) is 0 Å². The summed E-state index contributed by atoms with van der Waals surface area (Å²) >= 11 is 0. The van der Waals surface area contributed by atoms with E-state index >= 15 is 0 Å². The van der Waals surface area contributed by atoms with Gasteiger partial charge >= 0.3 is 0 Å². The van der Waals surface area contributed by atoms with Crippen LogP contribution in [0, 0.1) is 29.1 Å². The maximum Gasteiger partial charge on any atom is 0.254 e. The van der Waals surface area contributed by atoms with Crippen molar-refractivity contribution in [3.05, 3.63) is 83.4 Å². The van der Waals surface area contributed by atoms with Gasteiger partial charge in [0.2, 0.25) is 5.91 Å². The Labute approximate surface area is 338 Å². The molecule has 3 saturated carbocycles. The van der Waals surface area contributed by atoms with Gasteiger partial charge in [0, 0.05) is 74.1 Å². The number of aliphatic hydroxyl groups excluding tert-OH is 2. The first-order valence-corrected chi connectivity index (χ1v) is 20.8. The number of likely N-dealkylation sites (N-methyl/N-ethyl adjacent to an activating group) is 1. The zero-order valence-corrected chi connectivity index (χ0v) is 35.0. The number of ether oxygens (including phenoxy) is 1. The number of carbonyl (C=O) groups excluding carboxylic acids is 2. The van der Waals surface area contributed by atoms with E-state index in [1.54, 1.807) is 19.1 Å². The van der Waals surface area contributed by atoms with Gasteiger partial charge in [0.25, 0.3) is 5.91 Å². The fraction of sp³-hybridized carbons (Fsp3) is 0.565. The number of benzene rings is 3. The highest BCUT2D eigenvalue weighted by atomic mass is 16.7. The predicted molar refractivity (Wildman–Crippen MR) is 223 cm³/mol. The van der Waals surface area contributed by atoms with Gasteiger partial charge in [0.15, 0.2) is 0 Å². The van der Waals surface area contributed by atoms with Crippen LogP contribution in [0.3, 0.4) is 0 Å². The Balaban J connectivity index is 1.18. The second kappa shape index (κ2) is 16.7. The molecule has 57 heavy (non-hydrogen) atoms. The summed E-state index contributed by atoms with van der Waals surface area (Å²) in [5.41, 5.74) is 5.39. The van der Waals surface area contributed by atoms with E-state index in [2.05, 4.69) is 56.2 Å². The van der Waals surface area contributed by atoms with Crippen LogP contribution in [0.4, 0.5) is 5.69 Å². The minimum Gasteiger partial charge on any atom is -0.496 e. The lowest BCUT2D eigenvalue weighted by atomic mass is 9.45. The van der Waals surface area contributed by atoms with Gasteiger partial charge in [0.05, 0.1) is 26.4 Å². The molecule has 2 saturated heterocycles. The number of fused-ring (bicyclic) bond motifs is 2. The molecule has 8 rings (SSSR count). The molecule has 2 bridgehead atoms. The fourth-order valence-corrected chi connectivity index (χ4v) is 10.5. The highest BCUT2D eigenvalue weighted by Gasteiger charge is 2.57. The zero-order chi connectivity index (χ0) is 40.8. The minimum absolute atomic E-state index is 0.00390. The van der Waals surface area contributed by atoms with E-state index in [1.165, 1.54) is 12.0 Å². The second-order valence-electron chi connectivity index (χ2n) is 18.0. The first kappa shape index (κ1) is 41.2. The van der Waals surface area contributed by atoms with Gasteiger partial charge in [-0.3, -0.25) is 14.4 Å². The quantitative estimate of drug-likeness (QED) is 0.231. The van der Waals surface area contributed by atoms with Gasteiger partial charge in [-0.25, -0.2) is 0 Å². The Bertz CT molecular complexity index is 1900. The highest BCUT2D eigenvalue weighted by molar-refractivity contribution is 5.97. The number of carbonyl (C=O) groups is 2. The third-order valence-corrected chi connectivity index (χ3v) is 13.9. The van der Waals surface area contributed by atoms with Gasteiger partial charge in [-0.05, 0) is 85.7 Å². The number of methoxy groups -OCH3 is 1. The molecule has 0 aromatic heterocycles. The molecule has 2 amide bonds. The zero-order valence-electron chi connectivity index (χ0n) is 35.0. The Morgan fingerprint density at radius 2 is 1.81 bits per heavy atom. The van der Waals surface area contributed by atoms with E-state index in [9.17, 15) is 19.8 Å². The molecule has 0 radical (unpaired) electrons. The van der Waals surface area contributed by atoms with Crippen molar-refractivity contribution in [1.82, 2.24) is 20.2 Å². The predicted octanol–water partition coefficient (Wildman–Crippen LogP) is 5.09. The van der Waals surface area contributed by atoms with Crippen LogP contribution in [-0.4, -0.2) is 122 Å². The van der Waals surface area contributed by atoms with E-state index < -0.39 is 24.2 Å². The average Bonchev–Trinajstić information content (AvgIpc) is 3.57. The summed E-state index contributed by atoms with van der Waals surface area (Å²) in [5, 5.41) is 26.4. The summed E-state index contributed by atoms with van der Waals surface area (Å²) in [6.45, 7) is 10.7. The maximum absolute atomic E-state index is 14.5. The number of para-hydroxylation sites is 1. The van der Waals surface area contributed by atoms with Crippen LogP contribution in [0.2, 0.25) is 0 Å². The van der Waals surface area contributed by atoms with Crippen molar-refractivity contribution in [2.24, 2.45) is 29.1 Å². The van der Waals surface area contributed by atoms with E-state index in [4.69, 9.17) is 9.57 Å². The minimum atomic E-state index is -0.899. The van der Waals surface area contributed by atoms with Crippen LogP contribution in [0.25, 0.3) is 11.1 Å². The van der Waals surface area contributed by atoms with Crippen LogP contribution < -0.4 is 15.0 Å². The Hall–Kier alpha value is -4.00. The SMILES string of the molecule is COc1c(CN2O[C@@H](CO)C(C(C)O)[C@H]2C(=O)N[C@H]2C[C@H]3C[C@@H]([C@@H]2C)C3(C)C)cccc1-c1cc(C(=O)N2CCN(C)C[C@@H]2Cc2ccccc2)cc(N(C)C)c1. The normalized spacial score (nSPS) is 29.1. The highest BCUT2D eigenvalue weighted by Crippen LogP contribution is 2.61. The lowest BCUT2D eigenvalue weighted by Gasteiger charge is -2.62. The van der Waals surface area contributed by atoms with Crippen molar-refractivity contribution >= 4 is 17.5 Å². The smallest absolute Gasteiger partial charge is 0.254 e. The lowest BCUT2D eigenvalue weighted by Crippen LogP contribution is -2.62. The average molecular weight is 782 g/mol. The number of piperazine rings is 1. The van der Waals surface area contributed by atoms with Crippen molar-refractivity contribution in [3.8, 4) is 16.9 Å². The summed E-state index contributed by atoms with van der Waals surface area (Å²) in [6.07, 6.45) is 1.26. The van der Waals surface area contributed by atoms with Crippen molar-refractivity contribution in [2.75, 3.05) is 59.4 Å². The van der Waals surface area contributed by atoms with Crippen LogP contribution in [0.15, 0.2) is 66.7 Å². The van der Waals surface area contributed by atoms with Gasteiger partial charge in [-0.2, -0.15) is 5.06 Å². The molecular formula is C46H63N5O6. The molecule has 2 aliphatic heterocycles. The van der Waals surface area contributed by atoms with Crippen molar-refractivity contribution < 1.29 is 29.4 Å². The molecule has 3 aromatic carbocycles. The van der Waals surface area contributed by atoms with Crippen LogP contribution >= 0.6 is 0 Å². The molecule has 11 nitrogen and oxygen atoms in total. The molecule has 3 aromatic rings. The molecule has 308 valence electrons. The first-order valence-electron chi connectivity index (χ1n) is 20.8. The summed E-state index contributed by atoms with van der Waals surface area (Å²) in [6, 6.07) is 21.5. The monoisotopic (exact) mass is 781 g/mol. The third-order valence-electron chi connectivity index (χ3n) is 13.9. The van der Waals surface area contributed by atoms with Crippen molar-refractivity contribution in [1.29, 1.82) is 0 Å². The molecule has 5 fully saturated rings. The number of nitrogens with one attached hydrogen (secondary N) is 1. The number of hydroxylamine groups is 2. The van der Waals surface area contributed by atoms with Gasteiger partial charge < -0.3 is 35.0 Å². The number of nitrogens with zero attached hydrogens (tertiary/aromatic N) is 4. The fourth-order valence-electron chi connectivity index (χ4n) is 10.5. The molecule has 11 heteroatoms. The van der Waals surface area contributed by atoms with Crippen LogP contribution in [0.5, 0.6) is 5.75 Å². The van der Waals surface area contributed by atoms with E-state index in [1.807, 2.05) is 72.4 Å². The molecule has 2 heterocycles. The third kappa shape index (κ3) is 8.06. The lowest BCUT2D eigenvalue weighted by molar-refractivity contribution is -0.183. The number of anilines is 1. The number of aliphatic hydroxyl groups is 2.